The van der Waals surface area contributed by atoms with Crippen LogP contribution in [0.15, 0.2) is 0 Å². The lowest BCUT2D eigenvalue weighted by molar-refractivity contribution is -0.166. The van der Waals surface area contributed by atoms with Gasteiger partial charge in [0.05, 0.1) is 38.4 Å². The number of hydrogen-bond donors (Lipinski definition) is 1. The molecular formula is C14H23NO6. The van der Waals surface area contributed by atoms with Crippen LogP contribution in [0.5, 0.6) is 0 Å². The summed E-state index contributed by atoms with van der Waals surface area (Å²) in [6.45, 7) is 3.93. The first-order valence-corrected chi connectivity index (χ1v) is 7.41. The number of carboxylic acids is 1. The number of ether oxygens (including phenoxy) is 3. The Balaban J connectivity index is 1.68. The van der Waals surface area contributed by atoms with Gasteiger partial charge in [-0.2, -0.15) is 0 Å². The zero-order chi connectivity index (χ0) is 15.2. The standard InChI is InChI=1S/C14H23NO6/c1-10-7-15(8-12(21-10)14(17)18)13(16)4-6-19-9-11-3-2-5-20-11/h10-12H,2-9H2,1H3,(H,17,18)/t10-,11?,12?/m1/s1. The van der Waals surface area contributed by atoms with Crippen molar-refractivity contribution in [2.45, 2.75) is 44.5 Å². The summed E-state index contributed by atoms with van der Waals surface area (Å²) < 4.78 is 16.2. The molecule has 0 aromatic heterocycles. The lowest BCUT2D eigenvalue weighted by Gasteiger charge is -2.35. The number of carbonyl (C=O) groups is 2. The highest BCUT2D eigenvalue weighted by atomic mass is 16.5. The quantitative estimate of drug-likeness (QED) is 0.709. The van der Waals surface area contributed by atoms with E-state index in [0.717, 1.165) is 19.4 Å². The van der Waals surface area contributed by atoms with E-state index in [2.05, 4.69) is 0 Å². The number of carbonyl (C=O) groups excluding carboxylic acids is 1. The molecule has 21 heavy (non-hydrogen) atoms. The second-order valence-electron chi connectivity index (χ2n) is 5.53. The number of aliphatic carboxylic acids is 1. The van der Waals surface area contributed by atoms with Gasteiger partial charge >= 0.3 is 5.97 Å². The Kier molecular flexibility index (Phi) is 5.96. The Morgan fingerprint density at radius 3 is 2.86 bits per heavy atom. The fraction of sp³-hybridized carbons (Fsp3) is 0.857. The highest BCUT2D eigenvalue weighted by Crippen LogP contribution is 2.14. The van der Waals surface area contributed by atoms with Crippen LogP contribution in [0, 0.1) is 0 Å². The summed E-state index contributed by atoms with van der Waals surface area (Å²) >= 11 is 0. The molecule has 2 saturated heterocycles. The first-order chi connectivity index (χ1) is 10.1. The highest BCUT2D eigenvalue weighted by molar-refractivity contribution is 5.78. The molecule has 0 aliphatic carbocycles. The maximum absolute atomic E-state index is 12.1. The molecule has 1 amide bonds. The molecule has 2 aliphatic heterocycles. The molecule has 3 atom stereocenters. The molecule has 7 nitrogen and oxygen atoms in total. The average Bonchev–Trinajstić information content (AvgIpc) is 2.95. The molecule has 2 aliphatic rings. The third-order valence-corrected chi connectivity index (χ3v) is 3.68. The van der Waals surface area contributed by atoms with E-state index in [1.807, 2.05) is 0 Å². The van der Waals surface area contributed by atoms with Gasteiger partial charge in [0.2, 0.25) is 5.91 Å². The lowest BCUT2D eigenvalue weighted by atomic mass is 10.2. The molecule has 0 saturated carbocycles. The number of hydrogen-bond acceptors (Lipinski definition) is 5. The van der Waals surface area contributed by atoms with Crippen LogP contribution in [0.4, 0.5) is 0 Å². The molecule has 1 N–H and O–H groups in total. The van der Waals surface area contributed by atoms with Crippen LogP contribution in [0.25, 0.3) is 0 Å². The van der Waals surface area contributed by atoms with Crippen molar-refractivity contribution in [3.05, 3.63) is 0 Å². The second kappa shape index (κ2) is 7.72. The van der Waals surface area contributed by atoms with Crippen LogP contribution in [-0.4, -0.2) is 73.1 Å². The van der Waals surface area contributed by atoms with Crippen molar-refractivity contribution < 1.29 is 28.9 Å². The summed E-state index contributed by atoms with van der Waals surface area (Å²) in [6.07, 6.45) is 1.28. The molecule has 2 unspecified atom stereocenters. The van der Waals surface area contributed by atoms with Crippen molar-refractivity contribution in [1.82, 2.24) is 4.90 Å². The first kappa shape index (κ1) is 16.2. The molecule has 2 rings (SSSR count). The van der Waals surface area contributed by atoms with E-state index in [1.54, 1.807) is 11.8 Å². The Morgan fingerprint density at radius 2 is 2.19 bits per heavy atom. The van der Waals surface area contributed by atoms with Gasteiger partial charge in [-0.25, -0.2) is 4.79 Å². The van der Waals surface area contributed by atoms with Gasteiger partial charge in [0.15, 0.2) is 6.10 Å². The summed E-state index contributed by atoms with van der Waals surface area (Å²) in [4.78, 5) is 24.6. The Labute approximate surface area is 124 Å². The first-order valence-electron chi connectivity index (χ1n) is 7.41. The minimum atomic E-state index is -1.03. The van der Waals surface area contributed by atoms with Crippen molar-refractivity contribution >= 4 is 11.9 Å². The average molecular weight is 301 g/mol. The topological polar surface area (TPSA) is 85.3 Å². The number of carboxylic acid groups (broad SMARTS) is 1. The fourth-order valence-corrected chi connectivity index (χ4v) is 2.60. The highest BCUT2D eigenvalue weighted by Gasteiger charge is 2.32. The molecule has 2 fully saturated rings. The molecule has 0 spiro atoms. The molecule has 0 bridgehead atoms. The summed E-state index contributed by atoms with van der Waals surface area (Å²) in [5.41, 5.74) is 0. The number of rotatable bonds is 6. The van der Waals surface area contributed by atoms with Crippen molar-refractivity contribution in [2.75, 3.05) is 32.9 Å². The summed E-state index contributed by atoms with van der Waals surface area (Å²) in [5, 5.41) is 8.99. The lowest BCUT2D eigenvalue weighted by Crippen LogP contribution is -2.51. The normalized spacial score (nSPS) is 29.6. The maximum atomic E-state index is 12.1. The minimum absolute atomic E-state index is 0.0938. The van der Waals surface area contributed by atoms with Crippen molar-refractivity contribution in [2.24, 2.45) is 0 Å². The van der Waals surface area contributed by atoms with Crippen molar-refractivity contribution in [3.8, 4) is 0 Å². The van der Waals surface area contributed by atoms with Gasteiger partial charge in [-0.15, -0.1) is 0 Å². The van der Waals surface area contributed by atoms with E-state index in [-0.39, 0.29) is 31.1 Å². The predicted molar refractivity (Wildman–Crippen MR) is 73.0 cm³/mol. The monoisotopic (exact) mass is 301 g/mol. The smallest absolute Gasteiger partial charge is 0.334 e. The van der Waals surface area contributed by atoms with Gasteiger partial charge in [0, 0.05) is 13.2 Å². The van der Waals surface area contributed by atoms with Gasteiger partial charge in [-0.1, -0.05) is 0 Å². The summed E-state index contributed by atoms with van der Waals surface area (Å²) in [6, 6.07) is 0. The largest absolute Gasteiger partial charge is 0.479 e. The summed E-state index contributed by atoms with van der Waals surface area (Å²) in [7, 11) is 0. The van der Waals surface area contributed by atoms with E-state index < -0.39 is 12.1 Å². The van der Waals surface area contributed by atoms with Crippen LogP contribution < -0.4 is 0 Å². The molecule has 0 aromatic rings. The predicted octanol–water partition coefficient (Wildman–Crippen LogP) is 0.273. The molecule has 2 heterocycles. The Hall–Kier alpha value is -1.18. The maximum Gasteiger partial charge on any atom is 0.334 e. The van der Waals surface area contributed by atoms with E-state index in [0.29, 0.717) is 19.8 Å². The van der Waals surface area contributed by atoms with Crippen LogP contribution in [0.2, 0.25) is 0 Å². The molecule has 7 heteroatoms. The van der Waals surface area contributed by atoms with Gasteiger partial charge in [0.1, 0.15) is 0 Å². The minimum Gasteiger partial charge on any atom is -0.479 e. The van der Waals surface area contributed by atoms with E-state index in [9.17, 15) is 9.59 Å². The molecule has 0 radical (unpaired) electrons. The number of nitrogens with zero attached hydrogens (tertiary/aromatic N) is 1. The molecule has 0 aromatic carbocycles. The van der Waals surface area contributed by atoms with Crippen LogP contribution >= 0.6 is 0 Å². The van der Waals surface area contributed by atoms with Gasteiger partial charge in [0.25, 0.3) is 0 Å². The van der Waals surface area contributed by atoms with E-state index in [4.69, 9.17) is 19.3 Å². The van der Waals surface area contributed by atoms with Crippen molar-refractivity contribution in [3.63, 3.8) is 0 Å². The van der Waals surface area contributed by atoms with Crippen molar-refractivity contribution in [1.29, 1.82) is 0 Å². The Bertz CT molecular complexity index is 368. The van der Waals surface area contributed by atoms with Crippen LogP contribution in [0.3, 0.4) is 0 Å². The van der Waals surface area contributed by atoms with Gasteiger partial charge in [-0.3, -0.25) is 4.79 Å². The van der Waals surface area contributed by atoms with Gasteiger partial charge in [-0.05, 0) is 19.8 Å². The second-order valence-corrected chi connectivity index (χ2v) is 5.53. The fourth-order valence-electron chi connectivity index (χ4n) is 2.60. The third-order valence-electron chi connectivity index (χ3n) is 3.68. The number of amides is 1. The Morgan fingerprint density at radius 1 is 1.38 bits per heavy atom. The zero-order valence-corrected chi connectivity index (χ0v) is 12.3. The third kappa shape index (κ3) is 4.94. The number of morpholine rings is 1. The SMILES string of the molecule is C[C@@H]1CN(C(=O)CCOCC2CCCO2)CC(C(=O)O)O1. The van der Waals surface area contributed by atoms with Crippen LogP contribution in [-0.2, 0) is 23.8 Å². The molecular weight excluding hydrogens is 278 g/mol. The van der Waals surface area contributed by atoms with Crippen LogP contribution in [0.1, 0.15) is 26.2 Å². The summed E-state index contributed by atoms with van der Waals surface area (Å²) in [5.74, 6) is -1.13. The van der Waals surface area contributed by atoms with E-state index >= 15 is 0 Å². The molecule has 120 valence electrons. The van der Waals surface area contributed by atoms with Gasteiger partial charge < -0.3 is 24.2 Å². The zero-order valence-electron chi connectivity index (χ0n) is 12.3. The van der Waals surface area contributed by atoms with E-state index in [1.165, 1.54) is 0 Å².